The van der Waals surface area contributed by atoms with Gasteiger partial charge in [0.15, 0.2) is 0 Å². The van der Waals surface area contributed by atoms with Crippen molar-refractivity contribution in [2.24, 2.45) is 0 Å². The summed E-state index contributed by atoms with van der Waals surface area (Å²) in [7, 11) is 0. The highest BCUT2D eigenvalue weighted by Gasteiger charge is 2.02. The molecule has 68 valence electrons. The number of nitrogens with zero attached hydrogens (tertiary/aromatic N) is 3. The molecule has 2 heterocycles. The lowest BCUT2D eigenvalue weighted by Gasteiger charge is -2.00. The van der Waals surface area contributed by atoms with E-state index >= 15 is 0 Å². The minimum Gasteiger partial charge on any atom is -0.361 e. The van der Waals surface area contributed by atoms with Gasteiger partial charge in [0.25, 0.3) is 0 Å². The molecule has 0 amide bonds. The summed E-state index contributed by atoms with van der Waals surface area (Å²) in [5.41, 5.74) is 2.15. The normalized spacial score (nSPS) is 10.9. The van der Waals surface area contributed by atoms with Gasteiger partial charge in [-0.1, -0.05) is 11.3 Å². The van der Waals surface area contributed by atoms with Crippen LogP contribution in [0.1, 0.15) is 0 Å². The summed E-state index contributed by atoms with van der Waals surface area (Å²) in [6.45, 7) is 0. The number of aromatic amines is 1. The van der Waals surface area contributed by atoms with Crippen LogP contribution in [0.5, 0.6) is 0 Å². The minimum absolute atomic E-state index is 1.04. The number of benzene rings is 1. The summed E-state index contributed by atoms with van der Waals surface area (Å²) in [5, 5.41) is 8.91. The van der Waals surface area contributed by atoms with Gasteiger partial charge >= 0.3 is 0 Å². The number of aromatic nitrogens is 4. The molecule has 0 radical (unpaired) electrons. The van der Waals surface area contributed by atoms with Crippen LogP contribution >= 0.6 is 0 Å². The van der Waals surface area contributed by atoms with Crippen molar-refractivity contribution in [1.82, 2.24) is 20.0 Å². The number of rotatable bonds is 1. The summed E-state index contributed by atoms with van der Waals surface area (Å²) < 4.78 is 1.76. The van der Waals surface area contributed by atoms with E-state index in [1.165, 1.54) is 0 Å². The molecule has 0 aliphatic heterocycles. The smallest absolute Gasteiger partial charge is 0.0757 e. The molecule has 0 aliphatic rings. The summed E-state index contributed by atoms with van der Waals surface area (Å²) in [6, 6.07) is 8.09. The van der Waals surface area contributed by atoms with Gasteiger partial charge in [0.1, 0.15) is 0 Å². The van der Waals surface area contributed by atoms with Crippen LogP contribution in [0.2, 0.25) is 0 Å². The number of fused-ring (bicyclic) bond motifs is 1. The van der Waals surface area contributed by atoms with Gasteiger partial charge in [-0.15, -0.1) is 5.10 Å². The Bertz CT molecular complexity index is 550. The molecular formula is C10H8N4. The molecule has 3 aromatic rings. The predicted octanol–water partition coefficient (Wildman–Crippen LogP) is 1.75. The molecule has 3 rings (SSSR count). The molecule has 0 aliphatic carbocycles. The van der Waals surface area contributed by atoms with E-state index in [9.17, 15) is 0 Å². The molecule has 1 N–H and O–H groups in total. The standard InChI is InChI=1S/C10H8N4/c1-2-9-8(4-5-11-9)10(3-1)14-7-6-12-13-14/h1-7,11H. The fraction of sp³-hybridized carbons (Fsp3) is 0. The lowest BCUT2D eigenvalue weighted by atomic mass is 10.2. The first-order valence-electron chi connectivity index (χ1n) is 4.38. The highest BCUT2D eigenvalue weighted by Crippen LogP contribution is 2.19. The zero-order valence-electron chi connectivity index (χ0n) is 7.38. The number of nitrogens with one attached hydrogen (secondary N) is 1. The molecule has 4 heteroatoms. The first kappa shape index (κ1) is 7.32. The lowest BCUT2D eigenvalue weighted by molar-refractivity contribution is 0.808. The second-order valence-corrected chi connectivity index (χ2v) is 3.06. The largest absolute Gasteiger partial charge is 0.361 e. The molecule has 0 saturated carbocycles. The van der Waals surface area contributed by atoms with Crippen molar-refractivity contribution in [1.29, 1.82) is 0 Å². The Hall–Kier alpha value is -2.10. The quantitative estimate of drug-likeness (QED) is 0.626. The van der Waals surface area contributed by atoms with E-state index < -0.39 is 0 Å². The van der Waals surface area contributed by atoms with E-state index in [4.69, 9.17) is 0 Å². The maximum absolute atomic E-state index is 3.97. The van der Waals surface area contributed by atoms with Crippen molar-refractivity contribution < 1.29 is 0 Å². The summed E-state index contributed by atoms with van der Waals surface area (Å²) in [6.07, 6.45) is 5.43. The van der Waals surface area contributed by atoms with Crippen LogP contribution in [0.15, 0.2) is 42.9 Å². The van der Waals surface area contributed by atoms with Crippen LogP contribution in [0.3, 0.4) is 0 Å². The van der Waals surface area contributed by atoms with Gasteiger partial charge in [0.05, 0.1) is 18.1 Å². The van der Waals surface area contributed by atoms with Crippen molar-refractivity contribution in [2.45, 2.75) is 0 Å². The molecule has 0 fully saturated rings. The van der Waals surface area contributed by atoms with E-state index in [-0.39, 0.29) is 0 Å². The Balaban J connectivity index is 2.36. The van der Waals surface area contributed by atoms with Gasteiger partial charge in [0.2, 0.25) is 0 Å². The van der Waals surface area contributed by atoms with Crippen LogP contribution in [-0.4, -0.2) is 20.0 Å². The zero-order chi connectivity index (χ0) is 9.38. The molecule has 0 unspecified atom stereocenters. The number of H-pyrrole nitrogens is 1. The first-order valence-corrected chi connectivity index (χ1v) is 4.38. The van der Waals surface area contributed by atoms with Gasteiger partial charge in [-0.2, -0.15) is 0 Å². The molecule has 0 saturated heterocycles. The maximum Gasteiger partial charge on any atom is 0.0757 e. The Morgan fingerprint density at radius 1 is 1.21 bits per heavy atom. The van der Waals surface area contributed by atoms with Gasteiger partial charge < -0.3 is 4.98 Å². The topological polar surface area (TPSA) is 46.5 Å². The van der Waals surface area contributed by atoms with Crippen LogP contribution in [0.4, 0.5) is 0 Å². The van der Waals surface area contributed by atoms with E-state index in [0.29, 0.717) is 0 Å². The summed E-state index contributed by atoms with van der Waals surface area (Å²) in [5.74, 6) is 0. The highest BCUT2D eigenvalue weighted by molar-refractivity contribution is 5.87. The molecule has 2 aromatic heterocycles. The van der Waals surface area contributed by atoms with Crippen molar-refractivity contribution in [2.75, 3.05) is 0 Å². The third-order valence-electron chi connectivity index (χ3n) is 2.24. The van der Waals surface area contributed by atoms with Gasteiger partial charge in [0, 0.05) is 17.1 Å². The van der Waals surface area contributed by atoms with Crippen LogP contribution < -0.4 is 0 Å². The summed E-state index contributed by atoms with van der Waals surface area (Å²) >= 11 is 0. The third kappa shape index (κ3) is 0.939. The molecule has 0 spiro atoms. The SMILES string of the molecule is c1cc(-n2ccnn2)c2cc[nH]c2c1. The highest BCUT2D eigenvalue weighted by atomic mass is 15.4. The maximum atomic E-state index is 3.97. The second-order valence-electron chi connectivity index (χ2n) is 3.06. The number of hydrogen-bond donors (Lipinski definition) is 1. The molecule has 1 aromatic carbocycles. The Morgan fingerprint density at radius 2 is 2.21 bits per heavy atom. The van der Waals surface area contributed by atoms with Crippen molar-refractivity contribution in [3.63, 3.8) is 0 Å². The van der Waals surface area contributed by atoms with Gasteiger partial charge in [-0.3, -0.25) is 0 Å². The van der Waals surface area contributed by atoms with Crippen molar-refractivity contribution in [3.8, 4) is 5.69 Å². The second kappa shape index (κ2) is 2.70. The fourth-order valence-electron chi connectivity index (χ4n) is 1.61. The van der Waals surface area contributed by atoms with Gasteiger partial charge in [-0.25, -0.2) is 4.68 Å². The summed E-state index contributed by atoms with van der Waals surface area (Å²) in [4.78, 5) is 3.16. The van der Waals surface area contributed by atoms with E-state index in [1.54, 1.807) is 10.9 Å². The molecule has 14 heavy (non-hydrogen) atoms. The monoisotopic (exact) mass is 184 g/mol. The van der Waals surface area contributed by atoms with Crippen molar-refractivity contribution >= 4 is 10.9 Å². The minimum atomic E-state index is 1.04. The van der Waals surface area contributed by atoms with Gasteiger partial charge in [-0.05, 0) is 18.2 Å². The van der Waals surface area contributed by atoms with E-state index in [0.717, 1.165) is 16.6 Å². The first-order chi connectivity index (χ1) is 6.95. The van der Waals surface area contributed by atoms with E-state index in [2.05, 4.69) is 15.3 Å². The molecule has 4 nitrogen and oxygen atoms in total. The van der Waals surface area contributed by atoms with Crippen molar-refractivity contribution in [3.05, 3.63) is 42.9 Å². The lowest BCUT2D eigenvalue weighted by Crippen LogP contribution is -1.94. The van der Waals surface area contributed by atoms with Crippen LogP contribution in [0.25, 0.3) is 16.6 Å². The molecular weight excluding hydrogens is 176 g/mol. The molecule has 0 bridgehead atoms. The Kier molecular flexibility index (Phi) is 1.41. The average Bonchev–Trinajstić information content (AvgIpc) is 2.88. The Labute approximate surface area is 80.2 Å². The third-order valence-corrected chi connectivity index (χ3v) is 2.24. The molecule has 0 atom stereocenters. The van der Waals surface area contributed by atoms with E-state index in [1.807, 2.05) is 36.7 Å². The van der Waals surface area contributed by atoms with Crippen LogP contribution in [-0.2, 0) is 0 Å². The Morgan fingerprint density at radius 3 is 3.07 bits per heavy atom. The zero-order valence-corrected chi connectivity index (χ0v) is 7.38. The average molecular weight is 184 g/mol. The van der Waals surface area contributed by atoms with Crippen LogP contribution in [0, 0.1) is 0 Å². The number of hydrogen-bond acceptors (Lipinski definition) is 2. The fourth-order valence-corrected chi connectivity index (χ4v) is 1.61. The predicted molar refractivity (Wildman–Crippen MR) is 53.2 cm³/mol.